The summed E-state index contributed by atoms with van der Waals surface area (Å²) < 4.78 is 26.7. The van der Waals surface area contributed by atoms with E-state index >= 15 is 0 Å². The molecule has 0 aliphatic rings. The molecule has 0 radical (unpaired) electrons. The van der Waals surface area contributed by atoms with Crippen LogP contribution in [0.3, 0.4) is 0 Å². The van der Waals surface area contributed by atoms with Gasteiger partial charge in [0.25, 0.3) is 5.91 Å². The number of carbonyl (C=O) groups excluding carboxylic acids is 1. The maximum absolute atomic E-state index is 12.4. The van der Waals surface area contributed by atoms with E-state index in [0.29, 0.717) is 34.4 Å². The molecule has 3 rings (SSSR count). The van der Waals surface area contributed by atoms with Crippen molar-refractivity contribution in [2.75, 3.05) is 21.3 Å². The summed E-state index contributed by atoms with van der Waals surface area (Å²) >= 11 is 0. The predicted octanol–water partition coefficient (Wildman–Crippen LogP) is 2.85. The Balaban J connectivity index is 1.62. The van der Waals surface area contributed by atoms with Crippen molar-refractivity contribution in [1.82, 2.24) is 15.5 Å². The molecule has 158 valence electrons. The minimum absolute atomic E-state index is 0.0595. The third-order valence-electron chi connectivity index (χ3n) is 4.27. The average molecular weight is 413 g/mol. The molecule has 1 aromatic heterocycles. The van der Waals surface area contributed by atoms with E-state index in [0.717, 1.165) is 0 Å². The van der Waals surface area contributed by atoms with Crippen LogP contribution in [0.1, 0.15) is 12.8 Å². The highest BCUT2D eigenvalue weighted by molar-refractivity contribution is 5.80. The molecule has 3 aromatic rings. The third kappa shape index (κ3) is 4.80. The lowest BCUT2D eigenvalue weighted by molar-refractivity contribution is -0.127. The molecular formula is C21H23N3O6. The SMILES string of the molecule is COc1ccc(-c2noc(CNC(=O)[C@H](C)Oc3ccccc3OC)n2)c(OC)c1. The molecule has 1 heterocycles. The molecule has 2 aromatic carbocycles. The maximum atomic E-state index is 12.4. The number of amides is 1. The molecule has 30 heavy (non-hydrogen) atoms. The summed E-state index contributed by atoms with van der Waals surface area (Å²) in [4.78, 5) is 16.7. The van der Waals surface area contributed by atoms with E-state index in [2.05, 4.69) is 15.5 Å². The first-order valence-corrected chi connectivity index (χ1v) is 9.18. The van der Waals surface area contributed by atoms with Crippen LogP contribution in [-0.2, 0) is 11.3 Å². The van der Waals surface area contributed by atoms with Gasteiger partial charge in [-0.05, 0) is 31.2 Å². The van der Waals surface area contributed by atoms with Crippen LogP contribution < -0.4 is 24.3 Å². The molecule has 9 nitrogen and oxygen atoms in total. The lowest BCUT2D eigenvalue weighted by atomic mass is 10.2. The first-order chi connectivity index (χ1) is 14.5. The number of carbonyl (C=O) groups is 1. The zero-order chi connectivity index (χ0) is 21.5. The van der Waals surface area contributed by atoms with Gasteiger partial charge in [-0.3, -0.25) is 4.79 Å². The van der Waals surface area contributed by atoms with Gasteiger partial charge in [-0.25, -0.2) is 0 Å². The van der Waals surface area contributed by atoms with Gasteiger partial charge in [0.05, 0.1) is 33.4 Å². The fourth-order valence-corrected chi connectivity index (χ4v) is 2.69. The van der Waals surface area contributed by atoms with E-state index in [-0.39, 0.29) is 18.3 Å². The number of nitrogens with zero attached hydrogens (tertiary/aromatic N) is 2. The molecule has 0 saturated carbocycles. The molecule has 0 bridgehead atoms. The van der Waals surface area contributed by atoms with Gasteiger partial charge in [-0.15, -0.1) is 0 Å². The summed E-state index contributed by atoms with van der Waals surface area (Å²) in [7, 11) is 4.66. The fourth-order valence-electron chi connectivity index (χ4n) is 2.69. The second kappa shape index (κ2) is 9.64. The molecule has 0 aliphatic carbocycles. The average Bonchev–Trinajstić information content (AvgIpc) is 3.26. The Kier molecular flexibility index (Phi) is 6.74. The zero-order valence-electron chi connectivity index (χ0n) is 17.2. The Hall–Kier alpha value is -3.75. The lowest BCUT2D eigenvalue weighted by Gasteiger charge is -2.16. The van der Waals surface area contributed by atoms with E-state index in [1.54, 1.807) is 57.5 Å². The number of hydrogen-bond donors (Lipinski definition) is 1. The molecule has 0 spiro atoms. The highest BCUT2D eigenvalue weighted by Gasteiger charge is 2.19. The second-order valence-corrected chi connectivity index (χ2v) is 6.21. The maximum Gasteiger partial charge on any atom is 0.261 e. The smallest absolute Gasteiger partial charge is 0.261 e. The van der Waals surface area contributed by atoms with Crippen molar-refractivity contribution in [3.63, 3.8) is 0 Å². The van der Waals surface area contributed by atoms with Crippen LogP contribution in [0, 0.1) is 0 Å². The Morgan fingerprint density at radius 3 is 2.47 bits per heavy atom. The van der Waals surface area contributed by atoms with Crippen molar-refractivity contribution in [3.05, 3.63) is 48.4 Å². The summed E-state index contributed by atoms with van der Waals surface area (Å²) in [5, 5.41) is 6.67. The molecule has 0 aliphatic heterocycles. The van der Waals surface area contributed by atoms with Crippen molar-refractivity contribution >= 4 is 5.91 Å². The van der Waals surface area contributed by atoms with E-state index in [9.17, 15) is 4.79 Å². The minimum Gasteiger partial charge on any atom is -0.497 e. The number of ether oxygens (including phenoxy) is 4. The lowest BCUT2D eigenvalue weighted by Crippen LogP contribution is -2.36. The van der Waals surface area contributed by atoms with Gasteiger partial charge in [0.15, 0.2) is 17.6 Å². The van der Waals surface area contributed by atoms with Crippen molar-refractivity contribution in [3.8, 4) is 34.4 Å². The summed E-state index contributed by atoms with van der Waals surface area (Å²) in [6.45, 7) is 1.70. The van der Waals surface area contributed by atoms with E-state index < -0.39 is 6.10 Å². The Morgan fingerprint density at radius 1 is 1.03 bits per heavy atom. The van der Waals surface area contributed by atoms with Crippen LogP contribution in [0.2, 0.25) is 0 Å². The number of nitrogens with one attached hydrogen (secondary N) is 1. The summed E-state index contributed by atoms with van der Waals surface area (Å²) in [6.07, 6.45) is -0.745. The fraction of sp³-hybridized carbons (Fsp3) is 0.286. The molecular weight excluding hydrogens is 390 g/mol. The van der Waals surface area contributed by atoms with Crippen LogP contribution in [0.25, 0.3) is 11.4 Å². The zero-order valence-corrected chi connectivity index (χ0v) is 17.2. The summed E-state index contributed by atoms with van der Waals surface area (Å²) in [5.41, 5.74) is 0.646. The van der Waals surface area contributed by atoms with Crippen LogP contribution in [0.5, 0.6) is 23.0 Å². The number of hydrogen-bond acceptors (Lipinski definition) is 8. The van der Waals surface area contributed by atoms with Gasteiger partial charge < -0.3 is 28.8 Å². The van der Waals surface area contributed by atoms with E-state index in [1.165, 1.54) is 7.11 Å². The van der Waals surface area contributed by atoms with Gasteiger partial charge in [0.1, 0.15) is 11.5 Å². The normalized spacial score (nSPS) is 11.5. The number of para-hydroxylation sites is 2. The molecule has 0 unspecified atom stereocenters. The van der Waals surface area contributed by atoms with Gasteiger partial charge in [-0.2, -0.15) is 4.98 Å². The topological polar surface area (TPSA) is 105 Å². The standard InChI is InChI=1S/C21H23N3O6/c1-13(29-17-8-6-5-7-16(17)27-3)21(25)22-12-19-23-20(24-30-19)15-10-9-14(26-2)11-18(15)28-4/h5-11,13H,12H2,1-4H3,(H,22,25)/t13-/m0/s1. The Labute approximate surface area is 173 Å². The molecule has 1 amide bonds. The van der Waals surface area contributed by atoms with Crippen molar-refractivity contribution in [1.29, 1.82) is 0 Å². The summed E-state index contributed by atoms with van der Waals surface area (Å²) in [6, 6.07) is 12.4. The van der Waals surface area contributed by atoms with Crippen molar-refractivity contribution in [2.24, 2.45) is 0 Å². The second-order valence-electron chi connectivity index (χ2n) is 6.21. The molecule has 9 heteroatoms. The Morgan fingerprint density at radius 2 is 1.77 bits per heavy atom. The molecule has 1 atom stereocenters. The van der Waals surface area contributed by atoms with Crippen molar-refractivity contribution in [2.45, 2.75) is 19.6 Å². The molecule has 1 N–H and O–H groups in total. The van der Waals surface area contributed by atoms with E-state index in [4.69, 9.17) is 23.5 Å². The van der Waals surface area contributed by atoms with Crippen LogP contribution in [0.4, 0.5) is 0 Å². The molecule has 0 saturated heterocycles. The predicted molar refractivity (Wildman–Crippen MR) is 108 cm³/mol. The van der Waals surface area contributed by atoms with Crippen LogP contribution in [-0.4, -0.2) is 43.5 Å². The largest absolute Gasteiger partial charge is 0.497 e. The van der Waals surface area contributed by atoms with Gasteiger partial charge >= 0.3 is 0 Å². The highest BCUT2D eigenvalue weighted by Crippen LogP contribution is 2.31. The van der Waals surface area contributed by atoms with Gasteiger partial charge in [0, 0.05) is 6.07 Å². The first kappa shape index (κ1) is 21.0. The molecule has 0 fully saturated rings. The summed E-state index contributed by atoms with van der Waals surface area (Å²) in [5.74, 6) is 2.49. The van der Waals surface area contributed by atoms with Gasteiger partial charge in [0.2, 0.25) is 11.7 Å². The number of methoxy groups -OCH3 is 3. The Bertz CT molecular complexity index is 1000. The van der Waals surface area contributed by atoms with E-state index in [1.807, 2.05) is 6.07 Å². The minimum atomic E-state index is -0.745. The van der Waals surface area contributed by atoms with Crippen LogP contribution in [0.15, 0.2) is 47.0 Å². The quantitative estimate of drug-likeness (QED) is 0.571. The third-order valence-corrected chi connectivity index (χ3v) is 4.27. The number of rotatable bonds is 9. The monoisotopic (exact) mass is 413 g/mol. The van der Waals surface area contributed by atoms with Gasteiger partial charge in [-0.1, -0.05) is 17.3 Å². The number of aromatic nitrogens is 2. The highest BCUT2D eigenvalue weighted by atomic mass is 16.5. The number of benzene rings is 2. The first-order valence-electron chi connectivity index (χ1n) is 9.18. The van der Waals surface area contributed by atoms with Crippen molar-refractivity contribution < 1.29 is 28.3 Å². The van der Waals surface area contributed by atoms with Crippen LogP contribution >= 0.6 is 0 Å².